The van der Waals surface area contributed by atoms with Gasteiger partial charge in [0, 0.05) is 41.2 Å². The van der Waals surface area contributed by atoms with Crippen molar-refractivity contribution in [2.45, 2.75) is 32.1 Å². The first-order chi connectivity index (χ1) is 8.50. The standard InChI is InChI=1S/C13H19N3OS/c1-8-6-12(14)11(7-15-8)13(17)16-4-5-18-10(3)9(16)2/h6-7,9-10H,4-5H2,1-3H3,(H2,14,15). The van der Waals surface area contributed by atoms with Gasteiger partial charge < -0.3 is 10.6 Å². The number of anilines is 1. The van der Waals surface area contributed by atoms with Gasteiger partial charge in [0.1, 0.15) is 0 Å². The van der Waals surface area contributed by atoms with E-state index >= 15 is 0 Å². The molecule has 18 heavy (non-hydrogen) atoms. The highest BCUT2D eigenvalue weighted by atomic mass is 32.2. The summed E-state index contributed by atoms with van der Waals surface area (Å²) in [6.07, 6.45) is 1.59. The molecular formula is C13H19N3OS. The number of nitrogen functional groups attached to an aromatic ring is 1. The third-order valence-electron chi connectivity index (χ3n) is 3.45. The maximum absolute atomic E-state index is 12.5. The van der Waals surface area contributed by atoms with Gasteiger partial charge in [-0.3, -0.25) is 9.78 Å². The van der Waals surface area contributed by atoms with E-state index in [-0.39, 0.29) is 11.9 Å². The smallest absolute Gasteiger partial charge is 0.257 e. The van der Waals surface area contributed by atoms with Crippen LogP contribution in [0.1, 0.15) is 29.9 Å². The summed E-state index contributed by atoms with van der Waals surface area (Å²) >= 11 is 1.91. The van der Waals surface area contributed by atoms with Crippen molar-refractivity contribution in [1.29, 1.82) is 0 Å². The van der Waals surface area contributed by atoms with Gasteiger partial charge >= 0.3 is 0 Å². The van der Waals surface area contributed by atoms with E-state index in [2.05, 4.69) is 18.8 Å². The predicted molar refractivity (Wildman–Crippen MR) is 75.8 cm³/mol. The van der Waals surface area contributed by atoms with Crippen LogP contribution in [0.2, 0.25) is 0 Å². The van der Waals surface area contributed by atoms with E-state index in [1.54, 1.807) is 12.3 Å². The zero-order valence-corrected chi connectivity index (χ0v) is 11.8. The Kier molecular flexibility index (Phi) is 3.80. The Hall–Kier alpha value is -1.23. The second kappa shape index (κ2) is 5.18. The molecule has 0 bridgehead atoms. The van der Waals surface area contributed by atoms with E-state index < -0.39 is 0 Å². The average molecular weight is 265 g/mol. The first kappa shape index (κ1) is 13.2. The minimum atomic E-state index is -0.000324. The molecule has 0 aliphatic carbocycles. The van der Waals surface area contributed by atoms with Crippen molar-refractivity contribution in [1.82, 2.24) is 9.88 Å². The van der Waals surface area contributed by atoms with Crippen molar-refractivity contribution in [3.8, 4) is 0 Å². The molecule has 2 atom stereocenters. The Balaban J connectivity index is 2.25. The first-order valence-electron chi connectivity index (χ1n) is 6.15. The van der Waals surface area contributed by atoms with Gasteiger partial charge in [-0.15, -0.1) is 0 Å². The number of carbonyl (C=O) groups excluding carboxylic acids is 1. The Labute approximate surface area is 112 Å². The molecule has 2 rings (SSSR count). The van der Waals surface area contributed by atoms with Crippen LogP contribution >= 0.6 is 11.8 Å². The quantitative estimate of drug-likeness (QED) is 0.843. The van der Waals surface area contributed by atoms with Crippen LogP contribution in [0.5, 0.6) is 0 Å². The van der Waals surface area contributed by atoms with Crippen LogP contribution in [0.3, 0.4) is 0 Å². The number of thioether (sulfide) groups is 1. The molecule has 1 aromatic rings. The summed E-state index contributed by atoms with van der Waals surface area (Å²) in [5.41, 5.74) is 7.79. The second-order valence-corrected chi connectivity index (χ2v) is 6.21. The number of amides is 1. The summed E-state index contributed by atoms with van der Waals surface area (Å²) in [5.74, 6) is 0.982. The van der Waals surface area contributed by atoms with Crippen LogP contribution in [0.15, 0.2) is 12.3 Å². The molecule has 5 heteroatoms. The minimum Gasteiger partial charge on any atom is -0.398 e. The number of rotatable bonds is 1. The molecule has 1 aliphatic rings. The first-order valence-corrected chi connectivity index (χ1v) is 7.20. The molecule has 0 spiro atoms. The molecule has 0 radical (unpaired) electrons. The summed E-state index contributed by atoms with van der Waals surface area (Å²) in [5, 5.41) is 0.460. The van der Waals surface area contributed by atoms with E-state index in [0.717, 1.165) is 18.0 Å². The molecule has 98 valence electrons. The van der Waals surface area contributed by atoms with Crippen molar-refractivity contribution in [2.24, 2.45) is 0 Å². The van der Waals surface area contributed by atoms with Gasteiger partial charge in [0.05, 0.1) is 5.56 Å². The minimum absolute atomic E-state index is 0.000324. The lowest BCUT2D eigenvalue weighted by atomic mass is 10.1. The van der Waals surface area contributed by atoms with Crippen LogP contribution < -0.4 is 5.73 Å². The third kappa shape index (κ3) is 2.46. The topological polar surface area (TPSA) is 59.2 Å². The third-order valence-corrected chi connectivity index (χ3v) is 4.79. The van der Waals surface area contributed by atoms with E-state index in [1.165, 1.54) is 0 Å². The lowest BCUT2D eigenvalue weighted by Gasteiger charge is -2.37. The molecule has 1 fully saturated rings. The number of pyridine rings is 1. The summed E-state index contributed by atoms with van der Waals surface area (Å²) < 4.78 is 0. The van der Waals surface area contributed by atoms with Gasteiger partial charge in [-0.25, -0.2) is 0 Å². The van der Waals surface area contributed by atoms with Gasteiger partial charge in [0.2, 0.25) is 0 Å². The highest BCUT2D eigenvalue weighted by Crippen LogP contribution is 2.26. The number of nitrogens with two attached hydrogens (primary N) is 1. The number of aromatic nitrogens is 1. The molecule has 4 nitrogen and oxygen atoms in total. The van der Waals surface area contributed by atoms with E-state index in [9.17, 15) is 4.79 Å². The summed E-state index contributed by atoms with van der Waals surface area (Å²) in [6.45, 7) is 6.90. The Morgan fingerprint density at radius 2 is 2.28 bits per heavy atom. The fraction of sp³-hybridized carbons (Fsp3) is 0.538. The normalized spacial score (nSPS) is 24.1. The van der Waals surface area contributed by atoms with Crippen molar-refractivity contribution >= 4 is 23.4 Å². The molecule has 1 amide bonds. The monoisotopic (exact) mass is 265 g/mol. The zero-order valence-electron chi connectivity index (χ0n) is 11.0. The van der Waals surface area contributed by atoms with Crippen molar-refractivity contribution in [3.05, 3.63) is 23.5 Å². The Bertz CT molecular complexity index is 464. The molecular weight excluding hydrogens is 246 g/mol. The summed E-state index contributed by atoms with van der Waals surface area (Å²) in [6, 6.07) is 1.98. The van der Waals surface area contributed by atoms with Gasteiger partial charge in [0.15, 0.2) is 0 Å². The molecule has 0 saturated carbocycles. The lowest BCUT2D eigenvalue weighted by Crippen LogP contribution is -2.48. The molecule has 2 N–H and O–H groups in total. The second-order valence-electron chi connectivity index (χ2n) is 4.73. The lowest BCUT2D eigenvalue weighted by molar-refractivity contribution is 0.0699. The van der Waals surface area contributed by atoms with Crippen molar-refractivity contribution < 1.29 is 4.79 Å². The maximum Gasteiger partial charge on any atom is 0.257 e. The fourth-order valence-electron chi connectivity index (χ4n) is 2.13. The van der Waals surface area contributed by atoms with Crippen LogP contribution in [0.25, 0.3) is 0 Å². The van der Waals surface area contributed by atoms with E-state index in [4.69, 9.17) is 5.73 Å². The molecule has 1 aromatic heterocycles. The van der Waals surface area contributed by atoms with Crippen molar-refractivity contribution in [3.63, 3.8) is 0 Å². The molecule has 2 unspecified atom stereocenters. The molecule has 1 aliphatic heterocycles. The molecule has 0 aromatic carbocycles. The predicted octanol–water partition coefficient (Wildman–Crippen LogP) is 1.94. The van der Waals surface area contributed by atoms with E-state index in [0.29, 0.717) is 16.5 Å². The van der Waals surface area contributed by atoms with E-state index in [1.807, 2.05) is 23.6 Å². The van der Waals surface area contributed by atoms with Gasteiger partial charge in [0.25, 0.3) is 5.91 Å². The zero-order chi connectivity index (χ0) is 13.3. The number of aryl methyl sites for hydroxylation is 1. The van der Waals surface area contributed by atoms with Gasteiger partial charge in [-0.1, -0.05) is 6.92 Å². The number of hydrogen-bond acceptors (Lipinski definition) is 4. The Morgan fingerprint density at radius 3 is 2.94 bits per heavy atom. The Morgan fingerprint density at radius 1 is 1.56 bits per heavy atom. The van der Waals surface area contributed by atoms with Crippen LogP contribution in [-0.4, -0.2) is 39.4 Å². The fourth-order valence-corrected chi connectivity index (χ4v) is 3.23. The summed E-state index contributed by atoms with van der Waals surface area (Å²) in [7, 11) is 0. The highest BCUT2D eigenvalue weighted by molar-refractivity contribution is 8.00. The van der Waals surface area contributed by atoms with Crippen LogP contribution in [0.4, 0.5) is 5.69 Å². The molecule has 2 heterocycles. The number of hydrogen-bond donors (Lipinski definition) is 1. The summed E-state index contributed by atoms with van der Waals surface area (Å²) in [4.78, 5) is 18.6. The SMILES string of the molecule is Cc1cc(N)c(C(=O)N2CCSC(C)C2C)cn1. The van der Waals surface area contributed by atoms with Crippen LogP contribution in [0, 0.1) is 6.92 Å². The largest absolute Gasteiger partial charge is 0.398 e. The van der Waals surface area contributed by atoms with Gasteiger partial charge in [-0.2, -0.15) is 11.8 Å². The highest BCUT2D eigenvalue weighted by Gasteiger charge is 2.30. The molecule has 1 saturated heterocycles. The average Bonchev–Trinajstić information content (AvgIpc) is 2.32. The van der Waals surface area contributed by atoms with Crippen molar-refractivity contribution in [2.75, 3.05) is 18.0 Å². The van der Waals surface area contributed by atoms with Crippen LogP contribution in [-0.2, 0) is 0 Å². The maximum atomic E-state index is 12.5. The van der Waals surface area contributed by atoms with Gasteiger partial charge in [-0.05, 0) is 19.9 Å². The number of carbonyl (C=O) groups is 1. The number of nitrogens with zero attached hydrogens (tertiary/aromatic N) is 2.